The Kier molecular flexibility index (Phi) is 11.5. The van der Waals surface area contributed by atoms with Gasteiger partial charge in [0.2, 0.25) is 17.7 Å². The second-order valence-corrected chi connectivity index (χ2v) is 8.47. The third-order valence-corrected chi connectivity index (χ3v) is 5.52. The molecule has 0 saturated heterocycles. The Hall–Kier alpha value is -2.98. The number of aliphatic carboxylic acids is 1. The molecule has 0 aliphatic heterocycles. The number of amides is 3. The van der Waals surface area contributed by atoms with Crippen LogP contribution < -0.4 is 21.7 Å². The molecular weight excluding hydrogens is 428 g/mol. The number of carboxylic acid groups (broad SMARTS) is 1. The van der Waals surface area contributed by atoms with E-state index in [1.807, 2.05) is 13.8 Å². The van der Waals surface area contributed by atoms with Crippen molar-refractivity contribution in [3.63, 3.8) is 0 Å². The van der Waals surface area contributed by atoms with Gasteiger partial charge in [-0.25, -0.2) is 4.79 Å². The molecule has 3 amide bonds. The van der Waals surface area contributed by atoms with Crippen LogP contribution in [0.2, 0.25) is 0 Å². The first kappa shape index (κ1) is 28.1. The van der Waals surface area contributed by atoms with Crippen molar-refractivity contribution in [1.82, 2.24) is 16.0 Å². The number of hydrogen-bond donors (Lipinski definition) is 6. The number of benzene rings is 1. The summed E-state index contributed by atoms with van der Waals surface area (Å²) in [4.78, 5) is 49.6. The summed E-state index contributed by atoms with van der Waals surface area (Å²) in [6.07, 6.45) is 0.781. The Morgan fingerprint density at radius 2 is 1.48 bits per heavy atom. The molecule has 5 unspecified atom stereocenters. The van der Waals surface area contributed by atoms with Gasteiger partial charge in [-0.15, -0.1) is 0 Å². The van der Waals surface area contributed by atoms with Crippen LogP contribution in [0, 0.1) is 11.8 Å². The topological polar surface area (TPSA) is 171 Å². The van der Waals surface area contributed by atoms with E-state index in [4.69, 9.17) is 10.8 Å². The Labute approximate surface area is 194 Å². The van der Waals surface area contributed by atoms with Gasteiger partial charge in [-0.3, -0.25) is 14.4 Å². The zero-order valence-corrected chi connectivity index (χ0v) is 19.6. The average molecular weight is 465 g/mol. The molecule has 10 nitrogen and oxygen atoms in total. The Morgan fingerprint density at radius 1 is 0.909 bits per heavy atom. The fourth-order valence-corrected chi connectivity index (χ4v) is 3.08. The molecule has 1 rings (SSSR count). The summed E-state index contributed by atoms with van der Waals surface area (Å²) in [6.45, 7) is 6.45. The lowest BCUT2D eigenvalue weighted by Crippen LogP contribution is -2.59. The van der Waals surface area contributed by atoms with E-state index in [2.05, 4.69) is 16.0 Å². The Balaban J connectivity index is 3.06. The smallest absolute Gasteiger partial charge is 0.328 e. The molecule has 0 bridgehead atoms. The van der Waals surface area contributed by atoms with Crippen molar-refractivity contribution < 1.29 is 29.4 Å². The molecule has 10 heteroatoms. The molecule has 33 heavy (non-hydrogen) atoms. The van der Waals surface area contributed by atoms with E-state index in [1.165, 1.54) is 0 Å². The van der Waals surface area contributed by atoms with Crippen molar-refractivity contribution in [3.05, 3.63) is 35.9 Å². The van der Waals surface area contributed by atoms with Crippen molar-refractivity contribution >= 4 is 23.7 Å². The van der Waals surface area contributed by atoms with Gasteiger partial charge < -0.3 is 31.9 Å². The van der Waals surface area contributed by atoms with Gasteiger partial charge in [0.05, 0.1) is 12.6 Å². The molecule has 0 aliphatic rings. The minimum absolute atomic E-state index is 0.0797. The van der Waals surface area contributed by atoms with E-state index < -0.39 is 54.5 Å². The first-order valence-corrected chi connectivity index (χ1v) is 11.1. The third kappa shape index (κ3) is 8.82. The predicted octanol–water partition coefficient (Wildman–Crippen LogP) is -0.210. The number of carboxylic acids is 1. The first-order chi connectivity index (χ1) is 15.5. The van der Waals surface area contributed by atoms with E-state index in [0.717, 1.165) is 5.56 Å². The monoisotopic (exact) mass is 464 g/mol. The van der Waals surface area contributed by atoms with Crippen molar-refractivity contribution in [2.75, 3.05) is 6.61 Å². The van der Waals surface area contributed by atoms with E-state index in [0.29, 0.717) is 6.42 Å². The van der Waals surface area contributed by atoms with E-state index in [9.17, 15) is 24.3 Å². The van der Waals surface area contributed by atoms with Gasteiger partial charge >= 0.3 is 5.97 Å². The Bertz CT molecular complexity index is 801. The van der Waals surface area contributed by atoms with Crippen LogP contribution in [0.5, 0.6) is 0 Å². The summed E-state index contributed by atoms with van der Waals surface area (Å²) in [7, 11) is 0. The van der Waals surface area contributed by atoms with Crippen molar-refractivity contribution in [2.24, 2.45) is 17.6 Å². The number of aliphatic hydroxyl groups excluding tert-OH is 1. The maximum atomic E-state index is 13.1. The fourth-order valence-electron chi connectivity index (χ4n) is 3.08. The van der Waals surface area contributed by atoms with Crippen molar-refractivity contribution in [1.29, 1.82) is 0 Å². The summed E-state index contributed by atoms with van der Waals surface area (Å²) in [5, 5.41) is 25.9. The van der Waals surface area contributed by atoms with E-state index in [-0.39, 0.29) is 18.3 Å². The lowest BCUT2D eigenvalue weighted by molar-refractivity contribution is -0.143. The van der Waals surface area contributed by atoms with Gasteiger partial charge in [-0.05, 0) is 17.4 Å². The molecule has 1 aromatic rings. The van der Waals surface area contributed by atoms with E-state index >= 15 is 0 Å². The van der Waals surface area contributed by atoms with Gasteiger partial charge in [-0.1, -0.05) is 64.4 Å². The number of hydrogen-bond acceptors (Lipinski definition) is 6. The quantitative estimate of drug-likeness (QED) is 0.234. The largest absolute Gasteiger partial charge is 0.480 e. The molecule has 0 heterocycles. The normalized spacial score (nSPS) is 15.6. The van der Waals surface area contributed by atoms with E-state index in [1.54, 1.807) is 44.2 Å². The molecule has 5 atom stereocenters. The van der Waals surface area contributed by atoms with Gasteiger partial charge in [0.25, 0.3) is 0 Å². The molecule has 0 radical (unpaired) electrons. The highest BCUT2D eigenvalue weighted by atomic mass is 16.4. The summed E-state index contributed by atoms with van der Waals surface area (Å²) in [6, 6.07) is 4.49. The van der Waals surface area contributed by atoms with Gasteiger partial charge in [-0.2, -0.15) is 0 Å². The number of aliphatic hydroxyl groups is 1. The number of nitrogens with one attached hydrogen (secondary N) is 3. The second kappa shape index (κ2) is 13.5. The standard InChI is InChI=1S/C23H36N4O6/c1-5-14(4)18(24)21(30)27-19(13(2)3)22(31)25-16(11-15-9-7-6-8-10-15)20(29)26-17(12-28)23(32)33/h6-10,13-14,16-19,28H,5,11-12,24H2,1-4H3,(H,25,31)(H,26,29)(H,27,30)(H,32,33). The Morgan fingerprint density at radius 3 is 1.97 bits per heavy atom. The van der Waals surface area contributed by atoms with Gasteiger partial charge in [0.15, 0.2) is 0 Å². The van der Waals surface area contributed by atoms with Crippen LogP contribution in [0.4, 0.5) is 0 Å². The maximum Gasteiger partial charge on any atom is 0.328 e. The SMILES string of the molecule is CCC(C)C(N)C(=O)NC(C(=O)NC(Cc1ccccc1)C(=O)NC(CO)C(=O)O)C(C)C. The number of rotatable bonds is 13. The van der Waals surface area contributed by atoms with Gasteiger partial charge in [0, 0.05) is 6.42 Å². The van der Waals surface area contributed by atoms with Crippen LogP contribution in [0.15, 0.2) is 30.3 Å². The summed E-state index contributed by atoms with van der Waals surface area (Å²) in [5.74, 6) is -3.61. The van der Waals surface area contributed by atoms with Crippen molar-refractivity contribution in [2.45, 2.75) is 64.7 Å². The highest BCUT2D eigenvalue weighted by molar-refractivity contribution is 5.94. The molecule has 184 valence electrons. The van der Waals surface area contributed by atoms with Crippen LogP contribution in [0.25, 0.3) is 0 Å². The molecule has 7 N–H and O–H groups in total. The third-order valence-electron chi connectivity index (χ3n) is 5.52. The number of nitrogens with two attached hydrogens (primary N) is 1. The van der Waals surface area contributed by atoms with Crippen LogP contribution in [0.1, 0.15) is 39.7 Å². The lowest BCUT2D eigenvalue weighted by Gasteiger charge is -2.27. The fraction of sp³-hybridized carbons (Fsp3) is 0.565. The van der Waals surface area contributed by atoms with Crippen LogP contribution in [0.3, 0.4) is 0 Å². The molecule has 0 saturated carbocycles. The zero-order valence-electron chi connectivity index (χ0n) is 19.6. The van der Waals surface area contributed by atoms with Crippen LogP contribution in [-0.4, -0.2) is 64.7 Å². The van der Waals surface area contributed by atoms with Crippen LogP contribution in [-0.2, 0) is 25.6 Å². The predicted molar refractivity (Wildman–Crippen MR) is 123 cm³/mol. The second-order valence-electron chi connectivity index (χ2n) is 8.47. The molecule has 0 fully saturated rings. The first-order valence-electron chi connectivity index (χ1n) is 11.1. The highest BCUT2D eigenvalue weighted by Gasteiger charge is 2.32. The molecule has 0 spiro atoms. The van der Waals surface area contributed by atoms with Gasteiger partial charge in [0.1, 0.15) is 18.1 Å². The lowest BCUT2D eigenvalue weighted by atomic mass is 9.97. The summed E-state index contributed by atoms with van der Waals surface area (Å²) >= 11 is 0. The molecule has 0 aliphatic carbocycles. The number of carbonyl (C=O) groups is 4. The summed E-state index contributed by atoms with van der Waals surface area (Å²) < 4.78 is 0. The maximum absolute atomic E-state index is 13.1. The minimum atomic E-state index is -1.51. The minimum Gasteiger partial charge on any atom is -0.480 e. The molecule has 0 aromatic heterocycles. The number of carbonyl (C=O) groups excluding carboxylic acids is 3. The van der Waals surface area contributed by atoms with Crippen molar-refractivity contribution in [3.8, 4) is 0 Å². The molecular formula is C23H36N4O6. The molecule has 1 aromatic carbocycles. The highest BCUT2D eigenvalue weighted by Crippen LogP contribution is 2.10. The average Bonchev–Trinajstić information content (AvgIpc) is 2.79. The summed E-state index contributed by atoms with van der Waals surface area (Å²) in [5.41, 5.74) is 6.72. The van der Waals surface area contributed by atoms with Crippen LogP contribution >= 0.6 is 0 Å². The zero-order chi connectivity index (χ0) is 25.1.